The topological polar surface area (TPSA) is 53.4 Å². The van der Waals surface area contributed by atoms with E-state index in [1.54, 1.807) is 6.07 Å². The lowest BCUT2D eigenvalue weighted by Gasteiger charge is -2.38. The van der Waals surface area contributed by atoms with E-state index in [1.165, 1.54) is 0 Å². The Morgan fingerprint density at radius 3 is 2.50 bits per heavy atom. The molecule has 0 spiro atoms. The average molecular weight is 248 g/mol. The second kappa shape index (κ2) is 4.59. The number of carbonyl (C=O) groups is 1. The van der Waals surface area contributed by atoms with Gasteiger partial charge >= 0.3 is 5.97 Å². The molecule has 1 aliphatic heterocycles. The van der Waals surface area contributed by atoms with Gasteiger partial charge in [-0.1, -0.05) is 13.8 Å². The molecule has 1 fully saturated rings. The highest BCUT2D eigenvalue weighted by molar-refractivity contribution is 5.86. The summed E-state index contributed by atoms with van der Waals surface area (Å²) in [6, 6.07) is 3.64. The van der Waals surface area contributed by atoms with Crippen molar-refractivity contribution in [2.45, 2.75) is 33.6 Å². The lowest BCUT2D eigenvalue weighted by atomic mass is 9.82. The summed E-state index contributed by atoms with van der Waals surface area (Å²) in [6.45, 7) is 8.37. The Labute approximate surface area is 108 Å². The zero-order valence-electron chi connectivity index (χ0n) is 11.2. The Bertz CT molecular complexity index is 459. The SMILES string of the molecule is Cc1cc(N2CCC(C)(C)CC2)cc(C(=O)O)n1. The number of hydrogen-bond donors (Lipinski definition) is 1. The fourth-order valence-corrected chi connectivity index (χ4v) is 2.31. The number of aromatic carboxylic acids is 1. The number of pyridine rings is 1. The van der Waals surface area contributed by atoms with Gasteiger partial charge in [-0.3, -0.25) is 0 Å². The summed E-state index contributed by atoms with van der Waals surface area (Å²) in [5.74, 6) is -0.961. The van der Waals surface area contributed by atoms with Crippen molar-refractivity contribution in [2.75, 3.05) is 18.0 Å². The number of aromatic nitrogens is 1. The third kappa shape index (κ3) is 2.81. The first-order valence-corrected chi connectivity index (χ1v) is 6.34. The number of aryl methyl sites for hydroxylation is 1. The van der Waals surface area contributed by atoms with Crippen LogP contribution in [0.15, 0.2) is 12.1 Å². The summed E-state index contributed by atoms with van der Waals surface area (Å²) in [7, 11) is 0. The normalized spacial score (nSPS) is 18.7. The molecule has 0 bridgehead atoms. The lowest BCUT2D eigenvalue weighted by molar-refractivity contribution is 0.0690. The minimum absolute atomic E-state index is 0.134. The molecule has 18 heavy (non-hydrogen) atoms. The lowest BCUT2D eigenvalue weighted by Crippen LogP contribution is -2.37. The van der Waals surface area contributed by atoms with Crippen LogP contribution in [0.3, 0.4) is 0 Å². The Morgan fingerprint density at radius 1 is 1.33 bits per heavy atom. The molecule has 0 radical (unpaired) electrons. The molecule has 0 aromatic carbocycles. The van der Waals surface area contributed by atoms with E-state index in [1.807, 2.05) is 13.0 Å². The van der Waals surface area contributed by atoms with Crippen molar-refractivity contribution >= 4 is 11.7 Å². The van der Waals surface area contributed by atoms with E-state index in [2.05, 4.69) is 23.7 Å². The Balaban J connectivity index is 2.21. The number of hydrogen-bond acceptors (Lipinski definition) is 3. The van der Waals surface area contributed by atoms with Crippen LogP contribution in [0.4, 0.5) is 5.69 Å². The van der Waals surface area contributed by atoms with Gasteiger partial charge in [-0.05, 0) is 37.3 Å². The molecule has 0 amide bonds. The quantitative estimate of drug-likeness (QED) is 0.874. The summed E-state index contributed by atoms with van der Waals surface area (Å²) in [5.41, 5.74) is 2.27. The third-order valence-corrected chi connectivity index (χ3v) is 3.64. The standard InChI is InChI=1S/C14H20N2O2/c1-10-8-11(9-12(15-10)13(17)18)16-6-4-14(2,3)5-7-16/h8-9H,4-7H2,1-3H3,(H,17,18). The number of carboxylic acids is 1. The molecule has 1 saturated heterocycles. The van der Waals surface area contributed by atoms with Crippen LogP contribution >= 0.6 is 0 Å². The monoisotopic (exact) mass is 248 g/mol. The minimum Gasteiger partial charge on any atom is -0.477 e. The summed E-state index contributed by atoms with van der Waals surface area (Å²) in [4.78, 5) is 17.3. The molecule has 1 aromatic heterocycles. The molecule has 1 aliphatic rings. The van der Waals surface area contributed by atoms with Gasteiger partial charge in [-0.15, -0.1) is 0 Å². The first kappa shape index (κ1) is 12.9. The van der Waals surface area contributed by atoms with Crippen LogP contribution in [0.5, 0.6) is 0 Å². The second-order valence-corrected chi connectivity index (χ2v) is 5.81. The van der Waals surface area contributed by atoms with Gasteiger partial charge in [-0.2, -0.15) is 0 Å². The number of nitrogens with zero attached hydrogens (tertiary/aromatic N) is 2. The van der Waals surface area contributed by atoms with Crippen molar-refractivity contribution in [2.24, 2.45) is 5.41 Å². The molecule has 0 unspecified atom stereocenters. The molecular formula is C14H20N2O2. The highest BCUT2D eigenvalue weighted by Crippen LogP contribution is 2.32. The van der Waals surface area contributed by atoms with E-state index in [0.717, 1.165) is 37.3 Å². The van der Waals surface area contributed by atoms with E-state index in [9.17, 15) is 4.79 Å². The van der Waals surface area contributed by atoms with Crippen LogP contribution in [0, 0.1) is 12.3 Å². The molecule has 2 heterocycles. The molecule has 0 aliphatic carbocycles. The first-order valence-electron chi connectivity index (χ1n) is 6.34. The van der Waals surface area contributed by atoms with E-state index in [-0.39, 0.29) is 5.69 Å². The van der Waals surface area contributed by atoms with Crippen LogP contribution in [0.25, 0.3) is 0 Å². The van der Waals surface area contributed by atoms with E-state index >= 15 is 0 Å². The fourth-order valence-electron chi connectivity index (χ4n) is 2.31. The smallest absolute Gasteiger partial charge is 0.354 e. The highest BCUT2D eigenvalue weighted by Gasteiger charge is 2.26. The van der Waals surface area contributed by atoms with Gasteiger partial charge in [0.05, 0.1) is 0 Å². The molecule has 1 N–H and O–H groups in total. The maximum atomic E-state index is 11.0. The predicted octanol–water partition coefficient (Wildman–Crippen LogP) is 2.71. The van der Waals surface area contributed by atoms with Gasteiger partial charge in [0.1, 0.15) is 0 Å². The molecule has 98 valence electrons. The van der Waals surface area contributed by atoms with Crippen LogP contribution in [0.2, 0.25) is 0 Å². The van der Waals surface area contributed by atoms with E-state index < -0.39 is 5.97 Å². The summed E-state index contributed by atoms with van der Waals surface area (Å²) < 4.78 is 0. The second-order valence-electron chi connectivity index (χ2n) is 5.81. The van der Waals surface area contributed by atoms with Crippen molar-refractivity contribution in [3.8, 4) is 0 Å². The minimum atomic E-state index is -0.961. The van der Waals surface area contributed by atoms with Crippen molar-refractivity contribution < 1.29 is 9.90 Å². The molecule has 2 rings (SSSR count). The Hall–Kier alpha value is -1.58. The van der Waals surface area contributed by atoms with Gasteiger partial charge in [0, 0.05) is 24.5 Å². The first-order chi connectivity index (χ1) is 8.37. The van der Waals surface area contributed by atoms with Crippen molar-refractivity contribution in [3.63, 3.8) is 0 Å². The average Bonchev–Trinajstić information content (AvgIpc) is 2.28. The van der Waals surface area contributed by atoms with E-state index in [4.69, 9.17) is 5.11 Å². The third-order valence-electron chi connectivity index (χ3n) is 3.64. The van der Waals surface area contributed by atoms with Crippen molar-refractivity contribution in [1.82, 2.24) is 4.98 Å². The Morgan fingerprint density at radius 2 is 1.94 bits per heavy atom. The van der Waals surface area contributed by atoms with Crippen LogP contribution in [0.1, 0.15) is 42.9 Å². The fraction of sp³-hybridized carbons (Fsp3) is 0.571. The van der Waals surface area contributed by atoms with Crippen molar-refractivity contribution in [3.05, 3.63) is 23.5 Å². The summed E-state index contributed by atoms with van der Waals surface area (Å²) in [5, 5.41) is 9.03. The zero-order chi connectivity index (χ0) is 13.3. The Kier molecular flexibility index (Phi) is 3.28. The van der Waals surface area contributed by atoms with Crippen LogP contribution < -0.4 is 4.90 Å². The highest BCUT2D eigenvalue weighted by atomic mass is 16.4. The zero-order valence-corrected chi connectivity index (χ0v) is 11.2. The summed E-state index contributed by atoms with van der Waals surface area (Å²) in [6.07, 6.45) is 2.27. The summed E-state index contributed by atoms with van der Waals surface area (Å²) >= 11 is 0. The van der Waals surface area contributed by atoms with Gasteiger partial charge in [0.25, 0.3) is 0 Å². The van der Waals surface area contributed by atoms with Crippen LogP contribution in [-0.4, -0.2) is 29.1 Å². The molecule has 4 nitrogen and oxygen atoms in total. The predicted molar refractivity (Wildman–Crippen MR) is 71.2 cm³/mol. The molecule has 4 heteroatoms. The number of anilines is 1. The number of piperidine rings is 1. The molecule has 0 saturated carbocycles. The van der Waals surface area contributed by atoms with Gasteiger partial charge in [-0.25, -0.2) is 9.78 Å². The van der Waals surface area contributed by atoms with Gasteiger partial charge in [0.2, 0.25) is 0 Å². The maximum Gasteiger partial charge on any atom is 0.354 e. The van der Waals surface area contributed by atoms with E-state index in [0.29, 0.717) is 5.41 Å². The molecule has 1 aromatic rings. The van der Waals surface area contributed by atoms with Crippen molar-refractivity contribution in [1.29, 1.82) is 0 Å². The van der Waals surface area contributed by atoms with Gasteiger partial charge < -0.3 is 10.0 Å². The molecule has 0 atom stereocenters. The van der Waals surface area contributed by atoms with Crippen LogP contribution in [-0.2, 0) is 0 Å². The van der Waals surface area contributed by atoms with Gasteiger partial charge in [0.15, 0.2) is 5.69 Å². The maximum absolute atomic E-state index is 11.0. The largest absolute Gasteiger partial charge is 0.477 e. The number of rotatable bonds is 2. The number of carboxylic acid groups (broad SMARTS) is 1. The molecular weight excluding hydrogens is 228 g/mol.